The summed E-state index contributed by atoms with van der Waals surface area (Å²) >= 11 is 0. The van der Waals surface area contributed by atoms with E-state index in [0.29, 0.717) is 6.04 Å². The summed E-state index contributed by atoms with van der Waals surface area (Å²) in [7, 11) is 3.39. The molecular formula is C19H39NO2. The van der Waals surface area contributed by atoms with Crippen molar-refractivity contribution in [3.63, 3.8) is 0 Å². The lowest BCUT2D eigenvalue weighted by atomic mass is 10.0. The molecule has 3 nitrogen and oxygen atoms in total. The lowest BCUT2D eigenvalue weighted by molar-refractivity contribution is -0.0986. The Morgan fingerprint density at radius 3 is 2.00 bits per heavy atom. The Morgan fingerprint density at radius 1 is 0.864 bits per heavy atom. The van der Waals surface area contributed by atoms with Gasteiger partial charge < -0.3 is 9.47 Å². The molecule has 22 heavy (non-hydrogen) atoms. The Hall–Kier alpha value is -0.380. The fourth-order valence-corrected chi connectivity index (χ4v) is 2.86. The highest BCUT2D eigenvalue weighted by atomic mass is 16.7. The highest BCUT2D eigenvalue weighted by molar-refractivity contribution is 4.94. The van der Waals surface area contributed by atoms with E-state index in [2.05, 4.69) is 37.8 Å². The monoisotopic (exact) mass is 313 g/mol. The summed E-state index contributed by atoms with van der Waals surface area (Å²) in [6, 6.07) is 0.551. The first-order valence-electron chi connectivity index (χ1n) is 9.19. The largest absolute Gasteiger partial charge is 0.356 e. The topological polar surface area (TPSA) is 21.7 Å². The van der Waals surface area contributed by atoms with E-state index in [4.69, 9.17) is 9.47 Å². The molecule has 0 aliphatic rings. The maximum absolute atomic E-state index is 5.24. The van der Waals surface area contributed by atoms with Crippen molar-refractivity contribution < 1.29 is 9.47 Å². The zero-order chi connectivity index (χ0) is 16.6. The fraction of sp³-hybridized carbons (Fsp3) is 0.895. The molecule has 0 aromatic rings. The standard InChI is InChI=1S/C19H39NO2/c1-6-9-10-11-12-13-15-18(20(7-2)8-3)16-14-17-19(21-4)22-5/h14,16,18-19H,6-13,15,17H2,1-5H3. The molecule has 1 unspecified atom stereocenters. The minimum Gasteiger partial charge on any atom is -0.356 e. The van der Waals surface area contributed by atoms with Crippen LogP contribution in [0.4, 0.5) is 0 Å². The Bertz CT molecular complexity index is 248. The third-order valence-corrected chi connectivity index (χ3v) is 4.35. The highest BCUT2D eigenvalue weighted by Gasteiger charge is 2.12. The maximum atomic E-state index is 5.24. The lowest BCUT2D eigenvalue weighted by Crippen LogP contribution is -2.33. The number of hydrogen-bond donors (Lipinski definition) is 0. The SMILES string of the molecule is CCCCCCCCC(C=CCC(OC)OC)N(CC)CC. The molecule has 3 heteroatoms. The molecule has 132 valence electrons. The quantitative estimate of drug-likeness (QED) is 0.241. The number of ether oxygens (including phenoxy) is 2. The third kappa shape index (κ3) is 10.4. The Kier molecular flexibility index (Phi) is 15.2. The number of rotatable bonds is 15. The highest BCUT2D eigenvalue weighted by Crippen LogP contribution is 2.14. The van der Waals surface area contributed by atoms with Gasteiger partial charge in [-0.05, 0) is 19.5 Å². The van der Waals surface area contributed by atoms with Crippen LogP contribution in [0.3, 0.4) is 0 Å². The normalized spacial score (nSPS) is 13.6. The number of methoxy groups -OCH3 is 2. The Morgan fingerprint density at radius 2 is 1.45 bits per heavy atom. The van der Waals surface area contributed by atoms with Crippen LogP contribution >= 0.6 is 0 Å². The zero-order valence-electron chi connectivity index (χ0n) is 15.6. The van der Waals surface area contributed by atoms with Gasteiger partial charge in [-0.3, -0.25) is 4.90 Å². The molecule has 0 N–H and O–H groups in total. The summed E-state index contributed by atoms with van der Waals surface area (Å²) in [5.74, 6) is 0. The molecule has 0 aliphatic heterocycles. The van der Waals surface area contributed by atoms with Crippen LogP contribution in [0.2, 0.25) is 0 Å². The molecule has 0 radical (unpaired) electrons. The van der Waals surface area contributed by atoms with Crippen LogP contribution in [0.25, 0.3) is 0 Å². The van der Waals surface area contributed by atoms with E-state index in [1.165, 1.54) is 44.9 Å². The van der Waals surface area contributed by atoms with Gasteiger partial charge in [-0.15, -0.1) is 0 Å². The molecule has 1 atom stereocenters. The molecule has 0 fully saturated rings. The summed E-state index contributed by atoms with van der Waals surface area (Å²) in [5.41, 5.74) is 0. The Labute approximate surface area is 139 Å². The maximum Gasteiger partial charge on any atom is 0.160 e. The van der Waals surface area contributed by atoms with Gasteiger partial charge in [0.05, 0.1) is 0 Å². The van der Waals surface area contributed by atoms with Gasteiger partial charge >= 0.3 is 0 Å². The number of unbranched alkanes of at least 4 members (excludes halogenated alkanes) is 5. The van der Waals surface area contributed by atoms with Gasteiger partial charge in [0, 0.05) is 26.7 Å². The smallest absolute Gasteiger partial charge is 0.160 e. The van der Waals surface area contributed by atoms with E-state index in [9.17, 15) is 0 Å². The molecule has 0 rings (SSSR count). The molecule has 0 aliphatic carbocycles. The number of nitrogens with zero attached hydrogens (tertiary/aromatic N) is 1. The first kappa shape index (κ1) is 21.6. The predicted octanol–water partition coefficient (Wildman–Crippen LogP) is 5.01. The second-order valence-corrected chi connectivity index (χ2v) is 5.91. The Balaban J connectivity index is 4.23. The molecule has 0 heterocycles. The number of hydrogen-bond acceptors (Lipinski definition) is 3. The van der Waals surface area contributed by atoms with Gasteiger partial charge in [0.2, 0.25) is 0 Å². The third-order valence-electron chi connectivity index (χ3n) is 4.35. The average Bonchev–Trinajstić information content (AvgIpc) is 2.55. The van der Waals surface area contributed by atoms with Crippen molar-refractivity contribution in [2.24, 2.45) is 0 Å². The van der Waals surface area contributed by atoms with Crippen molar-refractivity contribution in [3.05, 3.63) is 12.2 Å². The van der Waals surface area contributed by atoms with Gasteiger partial charge in [0.15, 0.2) is 6.29 Å². The average molecular weight is 314 g/mol. The van der Waals surface area contributed by atoms with Gasteiger partial charge in [-0.1, -0.05) is 71.4 Å². The summed E-state index contributed by atoms with van der Waals surface area (Å²) in [6.07, 6.45) is 14.7. The van der Waals surface area contributed by atoms with Crippen LogP contribution in [0.15, 0.2) is 12.2 Å². The van der Waals surface area contributed by atoms with E-state index in [0.717, 1.165) is 19.5 Å². The summed E-state index contributed by atoms with van der Waals surface area (Å²) in [4.78, 5) is 2.54. The van der Waals surface area contributed by atoms with Crippen LogP contribution < -0.4 is 0 Å². The molecule has 0 saturated heterocycles. The van der Waals surface area contributed by atoms with Crippen molar-refractivity contribution >= 4 is 0 Å². The van der Waals surface area contributed by atoms with Gasteiger partial charge in [-0.2, -0.15) is 0 Å². The van der Waals surface area contributed by atoms with E-state index in [1.807, 2.05) is 0 Å². The molecule has 0 aromatic heterocycles. The van der Waals surface area contributed by atoms with Crippen molar-refractivity contribution in [1.29, 1.82) is 0 Å². The van der Waals surface area contributed by atoms with Crippen molar-refractivity contribution in [2.75, 3.05) is 27.3 Å². The first-order valence-corrected chi connectivity index (χ1v) is 9.19. The van der Waals surface area contributed by atoms with E-state index >= 15 is 0 Å². The van der Waals surface area contributed by atoms with Crippen LogP contribution in [0.1, 0.15) is 72.1 Å². The molecule has 0 aromatic carbocycles. The van der Waals surface area contributed by atoms with Crippen LogP contribution in [0.5, 0.6) is 0 Å². The molecule has 0 amide bonds. The second kappa shape index (κ2) is 15.5. The molecule has 0 bridgehead atoms. The van der Waals surface area contributed by atoms with Crippen LogP contribution in [0, 0.1) is 0 Å². The van der Waals surface area contributed by atoms with Crippen molar-refractivity contribution in [2.45, 2.75) is 84.5 Å². The van der Waals surface area contributed by atoms with E-state index < -0.39 is 0 Å². The molecule has 0 saturated carbocycles. The predicted molar refractivity (Wildman–Crippen MR) is 96.3 cm³/mol. The summed E-state index contributed by atoms with van der Waals surface area (Å²) in [6.45, 7) is 8.99. The minimum atomic E-state index is -0.123. The van der Waals surface area contributed by atoms with Gasteiger partial charge in [-0.25, -0.2) is 0 Å². The fourth-order valence-electron chi connectivity index (χ4n) is 2.86. The van der Waals surface area contributed by atoms with Crippen molar-refractivity contribution in [1.82, 2.24) is 4.90 Å². The lowest BCUT2D eigenvalue weighted by Gasteiger charge is -2.27. The summed E-state index contributed by atoms with van der Waals surface area (Å²) < 4.78 is 10.5. The number of likely N-dealkylation sites (N-methyl/N-ethyl adjacent to an activating group) is 1. The van der Waals surface area contributed by atoms with Gasteiger partial charge in [0.1, 0.15) is 0 Å². The summed E-state index contributed by atoms with van der Waals surface area (Å²) in [5, 5.41) is 0. The van der Waals surface area contributed by atoms with Crippen LogP contribution in [-0.2, 0) is 9.47 Å². The first-order chi connectivity index (χ1) is 10.7. The van der Waals surface area contributed by atoms with Gasteiger partial charge in [0.25, 0.3) is 0 Å². The van der Waals surface area contributed by atoms with Crippen molar-refractivity contribution in [3.8, 4) is 0 Å². The van der Waals surface area contributed by atoms with Crippen LogP contribution in [-0.4, -0.2) is 44.5 Å². The molecular weight excluding hydrogens is 274 g/mol. The van der Waals surface area contributed by atoms with E-state index in [1.54, 1.807) is 14.2 Å². The molecule has 0 spiro atoms. The zero-order valence-corrected chi connectivity index (χ0v) is 15.6. The minimum absolute atomic E-state index is 0.123. The van der Waals surface area contributed by atoms with E-state index in [-0.39, 0.29) is 6.29 Å². The second-order valence-electron chi connectivity index (χ2n) is 5.91.